The number of hydrogen-bond donors (Lipinski definition) is 2. The molecule has 1 rings (SSSR count). The van der Waals surface area contributed by atoms with Crippen LogP contribution in [0.5, 0.6) is 5.75 Å². The van der Waals surface area contributed by atoms with Crippen molar-refractivity contribution in [2.24, 2.45) is 0 Å². The highest BCUT2D eigenvalue weighted by molar-refractivity contribution is 5.65. The molecule has 0 aliphatic heterocycles. The summed E-state index contributed by atoms with van der Waals surface area (Å²) in [5.41, 5.74) is 12.5. The lowest BCUT2D eigenvalue weighted by molar-refractivity contribution is 0.304. The van der Waals surface area contributed by atoms with Gasteiger partial charge in [-0.05, 0) is 18.6 Å². The summed E-state index contributed by atoms with van der Waals surface area (Å²) in [4.78, 5) is 0. The van der Waals surface area contributed by atoms with E-state index in [-0.39, 0.29) is 0 Å². The molecule has 3 nitrogen and oxygen atoms in total. The number of unbranched alkanes of at least 4 members (excludes halogenated alkanes) is 5. The summed E-state index contributed by atoms with van der Waals surface area (Å²) < 4.78 is 5.61. The molecule has 0 saturated heterocycles. The number of rotatable bonds is 8. The van der Waals surface area contributed by atoms with Crippen LogP contribution in [0.2, 0.25) is 0 Å². The number of nitrogens with two attached hydrogens (primary N) is 2. The molecule has 0 aliphatic rings. The Morgan fingerprint density at radius 2 is 1.65 bits per heavy atom. The molecule has 1 aromatic rings. The van der Waals surface area contributed by atoms with Crippen molar-refractivity contribution in [3.05, 3.63) is 18.2 Å². The first-order valence-electron chi connectivity index (χ1n) is 6.52. The van der Waals surface area contributed by atoms with Crippen LogP contribution in [0.1, 0.15) is 45.4 Å². The van der Waals surface area contributed by atoms with Crippen molar-refractivity contribution in [3.63, 3.8) is 0 Å². The summed E-state index contributed by atoms with van der Waals surface area (Å²) >= 11 is 0. The van der Waals surface area contributed by atoms with Crippen LogP contribution in [-0.2, 0) is 0 Å². The summed E-state index contributed by atoms with van der Waals surface area (Å²) in [7, 11) is 0. The van der Waals surface area contributed by atoms with Gasteiger partial charge in [-0.1, -0.05) is 39.0 Å². The summed E-state index contributed by atoms with van der Waals surface area (Å²) in [5.74, 6) is 0.810. The van der Waals surface area contributed by atoms with E-state index in [0.29, 0.717) is 11.4 Å². The zero-order valence-electron chi connectivity index (χ0n) is 10.7. The van der Waals surface area contributed by atoms with Gasteiger partial charge >= 0.3 is 0 Å². The highest BCUT2D eigenvalue weighted by Gasteiger charge is 1.98. The molecule has 0 saturated carbocycles. The molecule has 4 N–H and O–H groups in total. The van der Waals surface area contributed by atoms with Crippen molar-refractivity contribution < 1.29 is 4.74 Å². The van der Waals surface area contributed by atoms with Gasteiger partial charge in [0, 0.05) is 6.07 Å². The normalized spacial score (nSPS) is 10.4. The van der Waals surface area contributed by atoms with Gasteiger partial charge in [0.25, 0.3) is 0 Å². The Morgan fingerprint density at radius 1 is 0.941 bits per heavy atom. The summed E-state index contributed by atoms with van der Waals surface area (Å²) in [5, 5.41) is 0. The van der Waals surface area contributed by atoms with E-state index in [1.807, 2.05) is 6.07 Å². The van der Waals surface area contributed by atoms with Crippen LogP contribution < -0.4 is 16.2 Å². The first-order valence-corrected chi connectivity index (χ1v) is 6.52. The molecule has 0 amide bonds. The van der Waals surface area contributed by atoms with Crippen LogP contribution in [0, 0.1) is 0 Å². The average Bonchev–Trinajstić information content (AvgIpc) is 2.32. The van der Waals surface area contributed by atoms with Crippen LogP contribution in [0.15, 0.2) is 18.2 Å². The second-order valence-electron chi connectivity index (χ2n) is 4.41. The maximum atomic E-state index is 5.70. The van der Waals surface area contributed by atoms with Gasteiger partial charge in [0.15, 0.2) is 0 Å². The SMILES string of the molecule is CCCCCCCCOc1ccc(N)c(N)c1. The molecule has 0 spiro atoms. The summed E-state index contributed by atoms with van der Waals surface area (Å²) in [6.07, 6.45) is 7.63. The molecule has 0 unspecified atom stereocenters. The van der Waals surface area contributed by atoms with Crippen molar-refractivity contribution >= 4 is 11.4 Å². The lowest BCUT2D eigenvalue weighted by Gasteiger charge is -2.07. The van der Waals surface area contributed by atoms with E-state index >= 15 is 0 Å². The van der Waals surface area contributed by atoms with E-state index in [4.69, 9.17) is 16.2 Å². The minimum atomic E-state index is 0.588. The van der Waals surface area contributed by atoms with Crippen LogP contribution in [0.25, 0.3) is 0 Å². The fourth-order valence-electron chi connectivity index (χ4n) is 1.72. The van der Waals surface area contributed by atoms with E-state index in [2.05, 4.69) is 6.92 Å². The molecular weight excluding hydrogens is 212 g/mol. The number of benzene rings is 1. The van der Waals surface area contributed by atoms with Gasteiger partial charge in [-0.25, -0.2) is 0 Å². The second-order valence-corrected chi connectivity index (χ2v) is 4.41. The molecule has 3 heteroatoms. The maximum absolute atomic E-state index is 5.70. The van der Waals surface area contributed by atoms with Gasteiger partial charge in [0.05, 0.1) is 18.0 Å². The predicted octanol–water partition coefficient (Wildman–Crippen LogP) is 3.59. The maximum Gasteiger partial charge on any atom is 0.121 e. The topological polar surface area (TPSA) is 61.3 Å². The monoisotopic (exact) mass is 236 g/mol. The number of hydrogen-bond acceptors (Lipinski definition) is 3. The zero-order chi connectivity index (χ0) is 12.5. The Kier molecular flexibility index (Phi) is 6.30. The van der Waals surface area contributed by atoms with Crippen LogP contribution in [0.4, 0.5) is 11.4 Å². The highest BCUT2D eigenvalue weighted by Crippen LogP contribution is 2.21. The Labute approximate surface area is 104 Å². The summed E-state index contributed by atoms with van der Waals surface area (Å²) in [6.45, 7) is 2.99. The lowest BCUT2D eigenvalue weighted by Crippen LogP contribution is -1.99. The molecule has 0 radical (unpaired) electrons. The molecule has 0 aromatic heterocycles. The number of ether oxygens (including phenoxy) is 1. The summed E-state index contributed by atoms with van der Waals surface area (Å²) in [6, 6.07) is 5.43. The van der Waals surface area contributed by atoms with Crippen molar-refractivity contribution in [2.75, 3.05) is 18.1 Å². The van der Waals surface area contributed by atoms with Gasteiger partial charge in [-0.2, -0.15) is 0 Å². The van der Waals surface area contributed by atoms with Gasteiger partial charge in [-0.15, -0.1) is 0 Å². The van der Waals surface area contributed by atoms with Crippen molar-refractivity contribution in [1.29, 1.82) is 0 Å². The van der Waals surface area contributed by atoms with E-state index in [1.165, 1.54) is 32.1 Å². The molecule has 96 valence electrons. The minimum Gasteiger partial charge on any atom is -0.494 e. The molecular formula is C14H24N2O. The number of anilines is 2. The molecule has 0 fully saturated rings. The quantitative estimate of drug-likeness (QED) is 0.535. The van der Waals surface area contributed by atoms with E-state index < -0.39 is 0 Å². The van der Waals surface area contributed by atoms with Gasteiger partial charge < -0.3 is 16.2 Å². The van der Waals surface area contributed by atoms with E-state index in [9.17, 15) is 0 Å². The highest BCUT2D eigenvalue weighted by atomic mass is 16.5. The second kappa shape index (κ2) is 7.82. The molecule has 1 aromatic carbocycles. The first kappa shape index (κ1) is 13.7. The Bertz CT molecular complexity index is 326. The molecule has 17 heavy (non-hydrogen) atoms. The number of nitrogen functional groups attached to an aromatic ring is 2. The van der Waals surface area contributed by atoms with E-state index in [1.54, 1.807) is 12.1 Å². The Balaban J connectivity index is 2.11. The molecule has 0 bridgehead atoms. The van der Waals surface area contributed by atoms with Crippen molar-refractivity contribution in [3.8, 4) is 5.75 Å². The zero-order valence-corrected chi connectivity index (χ0v) is 10.7. The standard InChI is InChI=1S/C14H24N2O/c1-2-3-4-5-6-7-10-17-12-8-9-13(15)14(16)11-12/h8-9,11H,2-7,10,15-16H2,1H3. The van der Waals surface area contributed by atoms with Crippen molar-refractivity contribution in [2.45, 2.75) is 45.4 Å². The lowest BCUT2D eigenvalue weighted by atomic mass is 10.1. The van der Waals surface area contributed by atoms with Gasteiger partial charge in [0.2, 0.25) is 0 Å². The first-order chi connectivity index (χ1) is 8.24. The minimum absolute atomic E-state index is 0.588. The third-order valence-corrected chi connectivity index (χ3v) is 2.82. The van der Waals surface area contributed by atoms with Crippen LogP contribution >= 0.6 is 0 Å². The fraction of sp³-hybridized carbons (Fsp3) is 0.571. The third kappa shape index (κ3) is 5.48. The van der Waals surface area contributed by atoms with E-state index in [0.717, 1.165) is 18.8 Å². The van der Waals surface area contributed by atoms with Crippen molar-refractivity contribution in [1.82, 2.24) is 0 Å². The van der Waals surface area contributed by atoms with Crippen LogP contribution in [0.3, 0.4) is 0 Å². The molecule has 0 atom stereocenters. The van der Waals surface area contributed by atoms with Crippen LogP contribution in [-0.4, -0.2) is 6.61 Å². The predicted molar refractivity (Wildman–Crippen MR) is 74.1 cm³/mol. The third-order valence-electron chi connectivity index (χ3n) is 2.82. The molecule has 0 heterocycles. The molecule has 0 aliphatic carbocycles. The average molecular weight is 236 g/mol. The largest absolute Gasteiger partial charge is 0.494 e. The Hall–Kier alpha value is -1.38. The Morgan fingerprint density at radius 3 is 2.35 bits per heavy atom. The van der Waals surface area contributed by atoms with Gasteiger partial charge in [-0.3, -0.25) is 0 Å². The van der Waals surface area contributed by atoms with Gasteiger partial charge in [0.1, 0.15) is 5.75 Å². The fourth-order valence-corrected chi connectivity index (χ4v) is 1.72. The smallest absolute Gasteiger partial charge is 0.121 e.